The Hall–Kier alpha value is -1.60. The fourth-order valence-corrected chi connectivity index (χ4v) is 8.76. The molecule has 0 nitrogen and oxygen atoms in total. The van der Waals surface area contributed by atoms with Gasteiger partial charge in [-0.3, -0.25) is 0 Å². The monoisotopic (exact) mass is 332 g/mol. The molecule has 0 fully saturated rings. The lowest BCUT2D eigenvalue weighted by molar-refractivity contribution is 0.590. The van der Waals surface area contributed by atoms with Gasteiger partial charge in [0.05, 0.1) is 8.80 Å². The van der Waals surface area contributed by atoms with Crippen LogP contribution in [0.3, 0.4) is 0 Å². The van der Waals surface area contributed by atoms with Crippen molar-refractivity contribution in [2.45, 2.75) is 58.5 Å². The van der Waals surface area contributed by atoms with E-state index < -0.39 is 8.80 Å². The highest BCUT2D eigenvalue weighted by Crippen LogP contribution is 2.49. The molecule has 124 valence electrons. The maximum Gasteiger partial charge on any atom is 0.0834 e. The van der Waals surface area contributed by atoms with Gasteiger partial charge in [0.1, 0.15) is 0 Å². The molecule has 1 heterocycles. The smallest absolute Gasteiger partial charge is 0.0678 e. The molecule has 2 aromatic carbocycles. The topological polar surface area (TPSA) is 0 Å². The van der Waals surface area contributed by atoms with Crippen LogP contribution in [0.1, 0.15) is 62.4 Å². The first kappa shape index (κ1) is 15.9. The summed E-state index contributed by atoms with van der Waals surface area (Å²) in [4.78, 5) is 0. The van der Waals surface area contributed by atoms with Crippen LogP contribution in [-0.4, -0.2) is 8.80 Å². The van der Waals surface area contributed by atoms with E-state index in [2.05, 4.69) is 78.0 Å². The van der Waals surface area contributed by atoms with Crippen LogP contribution in [0.4, 0.5) is 0 Å². The van der Waals surface area contributed by atoms with E-state index in [1.54, 1.807) is 21.9 Å². The van der Waals surface area contributed by atoms with E-state index in [0.29, 0.717) is 0 Å². The Bertz CT molecular complexity index is 847. The largest absolute Gasteiger partial charge is 0.0834 e. The van der Waals surface area contributed by atoms with E-state index in [4.69, 9.17) is 0 Å². The summed E-state index contributed by atoms with van der Waals surface area (Å²) in [7, 11) is -0.937. The van der Waals surface area contributed by atoms with Crippen LogP contribution in [0.15, 0.2) is 35.9 Å². The van der Waals surface area contributed by atoms with Crippen LogP contribution in [-0.2, 0) is 5.41 Å². The first-order chi connectivity index (χ1) is 11.3. The second kappa shape index (κ2) is 5.19. The molecule has 1 heteroatoms. The lowest BCUT2D eigenvalue weighted by atomic mass is 9.85. The third-order valence-corrected chi connectivity index (χ3v) is 9.90. The molecule has 0 saturated carbocycles. The SMILES string of the molecule is CC[SiH]1c2cc(C)c3c(c2-c2ccc(C(C)(C)C)cc2)C1C(C)=C3. The summed E-state index contributed by atoms with van der Waals surface area (Å²) in [6.07, 6.45) is 2.47. The molecular weight excluding hydrogens is 304 g/mol. The van der Waals surface area contributed by atoms with Gasteiger partial charge in [-0.2, -0.15) is 0 Å². The number of fused-ring (bicyclic) bond motifs is 1. The summed E-state index contributed by atoms with van der Waals surface area (Å²) < 4.78 is 0. The number of allylic oxidation sites excluding steroid dienone is 1. The zero-order chi connectivity index (χ0) is 17.2. The van der Waals surface area contributed by atoms with Gasteiger partial charge in [-0.15, -0.1) is 0 Å². The molecular formula is C23H28Si. The number of rotatable bonds is 2. The van der Waals surface area contributed by atoms with Gasteiger partial charge >= 0.3 is 0 Å². The predicted molar refractivity (Wildman–Crippen MR) is 109 cm³/mol. The zero-order valence-electron chi connectivity index (χ0n) is 15.8. The molecule has 2 unspecified atom stereocenters. The summed E-state index contributed by atoms with van der Waals surface area (Å²) in [5.74, 6) is 0. The molecule has 0 aromatic heterocycles. The van der Waals surface area contributed by atoms with E-state index in [0.717, 1.165) is 5.54 Å². The predicted octanol–water partition coefficient (Wildman–Crippen LogP) is 5.47. The van der Waals surface area contributed by atoms with Gasteiger partial charge in [0.25, 0.3) is 0 Å². The molecule has 0 spiro atoms. The standard InChI is InChI=1S/C23H28Si/c1-7-24-19-13-14(2)18-12-15(3)22(24)21(18)20(19)16-8-10-17(11-9-16)23(4,5)6/h8-13,22,24H,7H2,1-6H3. The van der Waals surface area contributed by atoms with Crippen LogP contribution in [0.5, 0.6) is 0 Å². The van der Waals surface area contributed by atoms with Crippen molar-refractivity contribution in [1.29, 1.82) is 0 Å². The second-order valence-corrected chi connectivity index (χ2v) is 12.0. The van der Waals surface area contributed by atoms with Gasteiger partial charge < -0.3 is 0 Å². The molecule has 4 rings (SSSR count). The molecule has 0 radical (unpaired) electrons. The minimum atomic E-state index is -0.937. The summed E-state index contributed by atoms with van der Waals surface area (Å²) in [6, 6.07) is 13.3. The maximum atomic E-state index is 2.52. The Kier molecular flexibility index (Phi) is 3.44. The van der Waals surface area contributed by atoms with E-state index >= 15 is 0 Å². The summed E-state index contributed by atoms with van der Waals surface area (Å²) in [6.45, 7) is 13.9. The Balaban J connectivity index is 1.90. The second-order valence-electron chi connectivity index (χ2n) is 8.69. The van der Waals surface area contributed by atoms with Crippen molar-refractivity contribution in [2.24, 2.45) is 0 Å². The highest BCUT2D eigenvalue weighted by Gasteiger charge is 2.42. The molecule has 0 amide bonds. The van der Waals surface area contributed by atoms with Crippen molar-refractivity contribution >= 4 is 20.1 Å². The molecule has 1 aliphatic heterocycles. The number of hydrogen-bond donors (Lipinski definition) is 0. The molecule has 1 aliphatic carbocycles. The summed E-state index contributed by atoms with van der Waals surface area (Å²) >= 11 is 0. The molecule has 2 bridgehead atoms. The highest BCUT2D eigenvalue weighted by atomic mass is 28.3. The van der Waals surface area contributed by atoms with Gasteiger partial charge in [-0.25, -0.2) is 0 Å². The van der Waals surface area contributed by atoms with Crippen LogP contribution in [0.25, 0.3) is 17.2 Å². The Morgan fingerprint density at radius 1 is 1.04 bits per heavy atom. The minimum Gasteiger partial charge on any atom is -0.0678 e. The number of hydrogen-bond acceptors (Lipinski definition) is 0. The maximum absolute atomic E-state index is 2.52. The fraction of sp³-hybridized carbons (Fsp3) is 0.391. The van der Waals surface area contributed by atoms with Crippen molar-refractivity contribution in [2.75, 3.05) is 0 Å². The van der Waals surface area contributed by atoms with Crippen LogP contribution < -0.4 is 5.19 Å². The average molecular weight is 333 g/mol. The molecule has 0 N–H and O–H groups in total. The normalized spacial score (nSPS) is 21.3. The number of benzene rings is 2. The van der Waals surface area contributed by atoms with Gasteiger partial charge in [0, 0.05) is 5.54 Å². The van der Waals surface area contributed by atoms with Crippen LogP contribution >= 0.6 is 0 Å². The van der Waals surface area contributed by atoms with E-state index in [9.17, 15) is 0 Å². The van der Waals surface area contributed by atoms with Crippen molar-refractivity contribution in [3.63, 3.8) is 0 Å². The highest BCUT2D eigenvalue weighted by molar-refractivity contribution is 6.78. The lowest BCUT2D eigenvalue weighted by Gasteiger charge is -2.20. The summed E-state index contributed by atoms with van der Waals surface area (Å²) in [5, 5.41) is 1.72. The fourth-order valence-electron chi connectivity index (χ4n) is 4.85. The van der Waals surface area contributed by atoms with Crippen LogP contribution in [0, 0.1) is 6.92 Å². The Morgan fingerprint density at radius 2 is 1.71 bits per heavy atom. The van der Waals surface area contributed by atoms with Crippen molar-refractivity contribution in [1.82, 2.24) is 0 Å². The van der Waals surface area contributed by atoms with Gasteiger partial charge in [-0.05, 0) is 52.6 Å². The molecule has 2 atom stereocenters. The molecule has 2 aromatic rings. The van der Waals surface area contributed by atoms with Crippen molar-refractivity contribution < 1.29 is 0 Å². The van der Waals surface area contributed by atoms with E-state index in [1.807, 2.05) is 0 Å². The Morgan fingerprint density at radius 3 is 2.29 bits per heavy atom. The minimum absolute atomic E-state index is 0.220. The number of aryl methyl sites for hydroxylation is 1. The van der Waals surface area contributed by atoms with Gasteiger partial charge in [0.15, 0.2) is 0 Å². The van der Waals surface area contributed by atoms with E-state index in [-0.39, 0.29) is 5.41 Å². The van der Waals surface area contributed by atoms with Crippen LogP contribution in [0.2, 0.25) is 6.04 Å². The molecule has 24 heavy (non-hydrogen) atoms. The van der Waals surface area contributed by atoms with E-state index in [1.165, 1.54) is 28.3 Å². The zero-order valence-corrected chi connectivity index (χ0v) is 17.0. The quantitative estimate of drug-likeness (QED) is 0.640. The third kappa shape index (κ3) is 2.10. The Labute approximate surface area is 148 Å². The third-order valence-electron chi connectivity index (χ3n) is 6.10. The van der Waals surface area contributed by atoms with Gasteiger partial charge in [0.2, 0.25) is 0 Å². The first-order valence-corrected chi connectivity index (χ1v) is 11.4. The van der Waals surface area contributed by atoms with Crippen molar-refractivity contribution in [3.8, 4) is 11.1 Å². The summed E-state index contributed by atoms with van der Waals surface area (Å²) in [5.41, 5.74) is 11.7. The average Bonchev–Trinajstić information content (AvgIpc) is 2.98. The first-order valence-electron chi connectivity index (χ1n) is 9.29. The lowest BCUT2D eigenvalue weighted by Crippen LogP contribution is -2.31. The molecule has 2 aliphatic rings. The molecule has 0 saturated heterocycles. The van der Waals surface area contributed by atoms with Crippen molar-refractivity contribution in [3.05, 3.63) is 58.2 Å². The van der Waals surface area contributed by atoms with Gasteiger partial charge in [-0.1, -0.05) is 80.9 Å².